The molecule has 0 saturated heterocycles. The van der Waals surface area contributed by atoms with Crippen LogP contribution >= 0.6 is 0 Å². The summed E-state index contributed by atoms with van der Waals surface area (Å²) in [4.78, 5) is 10.2. The van der Waals surface area contributed by atoms with Gasteiger partial charge in [0.15, 0.2) is 0 Å². The number of carbonyl (C=O) groups is 1. The molecule has 78 valence electrons. The van der Waals surface area contributed by atoms with Crippen LogP contribution in [0.3, 0.4) is 0 Å². The topological polar surface area (TPSA) is 63.3 Å². The molecule has 0 aliphatic rings. The van der Waals surface area contributed by atoms with Crippen molar-refractivity contribution < 1.29 is 9.90 Å². The van der Waals surface area contributed by atoms with Crippen LogP contribution in [0.1, 0.15) is 46.0 Å². The van der Waals surface area contributed by atoms with Crippen LogP contribution in [0.5, 0.6) is 0 Å². The van der Waals surface area contributed by atoms with Gasteiger partial charge in [-0.05, 0) is 18.8 Å². The molecule has 0 aromatic rings. The number of hydrogen-bond donors (Lipinski definition) is 2. The van der Waals surface area contributed by atoms with E-state index in [-0.39, 0.29) is 12.5 Å². The SMILES string of the molecule is CC(C)C(N)CCCCCC(=O)O. The fraction of sp³-hybridized carbons (Fsp3) is 0.900. The van der Waals surface area contributed by atoms with Gasteiger partial charge >= 0.3 is 5.97 Å². The highest BCUT2D eigenvalue weighted by Crippen LogP contribution is 2.09. The summed E-state index contributed by atoms with van der Waals surface area (Å²) >= 11 is 0. The molecule has 0 spiro atoms. The fourth-order valence-electron chi connectivity index (χ4n) is 1.17. The molecule has 0 aromatic heterocycles. The summed E-state index contributed by atoms with van der Waals surface area (Å²) in [6.07, 6.45) is 4.10. The van der Waals surface area contributed by atoms with Crippen molar-refractivity contribution in [3.63, 3.8) is 0 Å². The number of unbranched alkanes of at least 4 members (excludes halogenated alkanes) is 2. The number of rotatable bonds is 7. The van der Waals surface area contributed by atoms with Crippen LogP contribution in [-0.4, -0.2) is 17.1 Å². The Hall–Kier alpha value is -0.570. The molecule has 0 bridgehead atoms. The van der Waals surface area contributed by atoms with E-state index in [4.69, 9.17) is 10.8 Å². The van der Waals surface area contributed by atoms with Crippen molar-refractivity contribution in [2.45, 2.75) is 52.0 Å². The first kappa shape index (κ1) is 12.4. The van der Waals surface area contributed by atoms with Gasteiger partial charge in [-0.3, -0.25) is 4.79 Å². The third-order valence-electron chi connectivity index (χ3n) is 2.28. The van der Waals surface area contributed by atoms with Crippen molar-refractivity contribution in [2.24, 2.45) is 11.7 Å². The molecule has 0 rings (SSSR count). The van der Waals surface area contributed by atoms with E-state index < -0.39 is 5.97 Å². The molecular weight excluding hydrogens is 166 g/mol. The van der Waals surface area contributed by atoms with Crippen LogP contribution in [0, 0.1) is 5.92 Å². The van der Waals surface area contributed by atoms with Gasteiger partial charge in [-0.1, -0.05) is 26.7 Å². The van der Waals surface area contributed by atoms with Gasteiger partial charge in [0.2, 0.25) is 0 Å². The minimum absolute atomic E-state index is 0.268. The highest BCUT2D eigenvalue weighted by molar-refractivity contribution is 5.66. The minimum atomic E-state index is -0.701. The summed E-state index contributed by atoms with van der Waals surface area (Å²) in [6.45, 7) is 4.23. The van der Waals surface area contributed by atoms with E-state index in [1.807, 2.05) is 0 Å². The van der Waals surface area contributed by atoms with Gasteiger partial charge in [-0.15, -0.1) is 0 Å². The fourth-order valence-corrected chi connectivity index (χ4v) is 1.17. The van der Waals surface area contributed by atoms with Gasteiger partial charge in [0.25, 0.3) is 0 Å². The molecule has 3 heteroatoms. The molecule has 0 fully saturated rings. The van der Waals surface area contributed by atoms with Gasteiger partial charge in [0.05, 0.1) is 0 Å². The van der Waals surface area contributed by atoms with Gasteiger partial charge in [-0.25, -0.2) is 0 Å². The second-order valence-corrected chi connectivity index (χ2v) is 3.90. The normalized spacial score (nSPS) is 13.2. The van der Waals surface area contributed by atoms with E-state index >= 15 is 0 Å². The third kappa shape index (κ3) is 7.78. The summed E-state index contributed by atoms with van der Waals surface area (Å²) in [5, 5.41) is 8.39. The standard InChI is InChI=1S/C10H21NO2/c1-8(2)9(11)6-4-3-5-7-10(12)13/h8-9H,3-7,11H2,1-2H3,(H,12,13). The van der Waals surface area contributed by atoms with Crippen LogP contribution in [0.4, 0.5) is 0 Å². The Labute approximate surface area is 80.3 Å². The summed E-state index contributed by atoms with van der Waals surface area (Å²) in [6, 6.07) is 0.268. The van der Waals surface area contributed by atoms with E-state index in [0.717, 1.165) is 25.7 Å². The first-order valence-corrected chi connectivity index (χ1v) is 5.01. The number of carboxylic acid groups (broad SMARTS) is 1. The average molecular weight is 187 g/mol. The molecule has 0 saturated carbocycles. The molecule has 0 aromatic carbocycles. The lowest BCUT2D eigenvalue weighted by Gasteiger charge is -2.14. The van der Waals surface area contributed by atoms with Crippen molar-refractivity contribution in [1.82, 2.24) is 0 Å². The summed E-state index contributed by atoms with van der Waals surface area (Å²) in [5.74, 6) is -0.173. The monoisotopic (exact) mass is 187 g/mol. The van der Waals surface area contributed by atoms with Crippen LogP contribution in [-0.2, 0) is 4.79 Å². The third-order valence-corrected chi connectivity index (χ3v) is 2.28. The van der Waals surface area contributed by atoms with Crippen LogP contribution in [0.25, 0.3) is 0 Å². The molecule has 0 amide bonds. The Morgan fingerprint density at radius 2 is 1.92 bits per heavy atom. The van der Waals surface area contributed by atoms with Gasteiger partial charge in [0, 0.05) is 12.5 Å². The van der Waals surface area contributed by atoms with Crippen LogP contribution < -0.4 is 5.73 Å². The van der Waals surface area contributed by atoms with Gasteiger partial charge in [-0.2, -0.15) is 0 Å². The highest BCUT2D eigenvalue weighted by Gasteiger charge is 2.06. The van der Waals surface area contributed by atoms with Gasteiger partial charge in [0.1, 0.15) is 0 Å². The molecule has 3 nitrogen and oxygen atoms in total. The Kier molecular flexibility index (Phi) is 6.59. The minimum Gasteiger partial charge on any atom is -0.481 e. The van der Waals surface area contributed by atoms with E-state index in [1.165, 1.54) is 0 Å². The number of nitrogens with two attached hydrogens (primary N) is 1. The highest BCUT2D eigenvalue weighted by atomic mass is 16.4. The maximum absolute atomic E-state index is 10.2. The van der Waals surface area contributed by atoms with E-state index in [1.54, 1.807) is 0 Å². The predicted molar refractivity (Wildman–Crippen MR) is 53.5 cm³/mol. The lowest BCUT2D eigenvalue weighted by Crippen LogP contribution is -2.25. The van der Waals surface area contributed by atoms with Crippen molar-refractivity contribution in [3.8, 4) is 0 Å². The van der Waals surface area contributed by atoms with Crippen LogP contribution in [0.2, 0.25) is 0 Å². The first-order chi connectivity index (χ1) is 6.04. The molecule has 0 aliphatic heterocycles. The Bertz CT molecular complexity index is 146. The maximum atomic E-state index is 10.2. The van der Waals surface area contributed by atoms with E-state index in [9.17, 15) is 4.79 Å². The predicted octanol–water partition coefficient (Wildman–Crippen LogP) is 2.00. The number of hydrogen-bond acceptors (Lipinski definition) is 2. The second kappa shape index (κ2) is 6.89. The Morgan fingerprint density at radius 3 is 2.38 bits per heavy atom. The van der Waals surface area contributed by atoms with Crippen molar-refractivity contribution in [2.75, 3.05) is 0 Å². The molecule has 13 heavy (non-hydrogen) atoms. The zero-order chi connectivity index (χ0) is 10.3. The summed E-state index contributed by atoms with van der Waals surface area (Å²) in [7, 11) is 0. The van der Waals surface area contributed by atoms with Crippen molar-refractivity contribution in [3.05, 3.63) is 0 Å². The largest absolute Gasteiger partial charge is 0.481 e. The number of aliphatic carboxylic acids is 1. The summed E-state index contributed by atoms with van der Waals surface area (Å²) < 4.78 is 0. The summed E-state index contributed by atoms with van der Waals surface area (Å²) in [5.41, 5.74) is 5.84. The Balaban J connectivity index is 3.21. The molecule has 0 heterocycles. The van der Waals surface area contributed by atoms with E-state index in [2.05, 4.69) is 13.8 Å². The van der Waals surface area contributed by atoms with Crippen molar-refractivity contribution >= 4 is 5.97 Å². The zero-order valence-electron chi connectivity index (χ0n) is 8.62. The first-order valence-electron chi connectivity index (χ1n) is 5.01. The lowest BCUT2D eigenvalue weighted by molar-refractivity contribution is -0.137. The van der Waals surface area contributed by atoms with Crippen molar-refractivity contribution in [1.29, 1.82) is 0 Å². The molecule has 1 atom stereocenters. The molecule has 0 radical (unpaired) electrons. The Morgan fingerprint density at radius 1 is 1.31 bits per heavy atom. The second-order valence-electron chi connectivity index (χ2n) is 3.90. The maximum Gasteiger partial charge on any atom is 0.303 e. The lowest BCUT2D eigenvalue weighted by atomic mass is 9.99. The molecular formula is C10H21NO2. The average Bonchev–Trinajstić information content (AvgIpc) is 2.02. The molecule has 3 N–H and O–H groups in total. The zero-order valence-corrected chi connectivity index (χ0v) is 8.62. The molecule has 1 unspecified atom stereocenters. The molecule has 0 aliphatic carbocycles. The quantitative estimate of drug-likeness (QED) is 0.599. The smallest absolute Gasteiger partial charge is 0.303 e. The van der Waals surface area contributed by atoms with Gasteiger partial charge < -0.3 is 10.8 Å². The van der Waals surface area contributed by atoms with E-state index in [0.29, 0.717) is 5.92 Å². The van der Waals surface area contributed by atoms with Crippen LogP contribution in [0.15, 0.2) is 0 Å². The number of carboxylic acids is 1.